The molecule has 0 aliphatic carbocycles. The highest BCUT2D eigenvalue weighted by atomic mass is 19.4. The van der Waals surface area contributed by atoms with E-state index in [1.807, 2.05) is 0 Å². The predicted octanol–water partition coefficient (Wildman–Crippen LogP) is 1.96. The van der Waals surface area contributed by atoms with Gasteiger partial charge >= 0.3 is 12.1 Å². The molecule has 0 saturated heterocycles. The minimum absolute atomic E-state index is 0.0212. The summed E-state index contributed by atoms with van der Waals surface area (Å²) in [6.07, 6.45) is -4.41. The summed E-state index contributed by atoms with van der Waals surface area (Å²) in [5.74, 6) is -2.06. The second-order valence-corrected chi connectivity index (χ2v) is 5.01. The predicted molar refractivity (Wildman–Crippen MR) is 70.9 cm³/mol. The van der Waals surface area contributed by atoms with Crippen LogP contribution in [-0.4, -0.2) is 35.9 Å². The number of halogens is 3. The minimum atomic E-state index is -4.88. The second-order valence-electron chi connectivity index (χ2n) is 5.01. The minimum Gasteiger partial charge on any atom is -0.398 e. The summed E-state index contributed by atoms with van der Waals surface area (Å²) in [5, 5.41) is 0. The zero-order chi connectivity index (χ0) is 15.8. The van der Waals surface area contributed by atoms with E-state index in [1.54, 1.807) is 12.1 Å². The van der Waals surface area contributed by atoms with Crippen molar-refractivity contribution in [3.63, 3.8) is 0 Å². The summed E-state index contributed by atoms with van der Waals surface area (Å²) >= 11 is 0. The van der Waals surface area contributed by atoms with Gasteiger partial charge in [-0.25, -0.2) is 0 Å². The molecule has 1 aliphatic rings. The number of carbonyl (C=O) groups is 2. The molecule has 1 aliphatic heterocycles. The lowest BCUT2D eigenvalue weighted by molar-refractivity contribution is -0.185. The molecule has 7 heteroatoms. The zero-order valence-corrected chi connectivity index (χ0v) is 11.5. The SMILES string of the molecule is CC(=O)c1c(N)ccc2c1CCN(C(=O)C(F)(F)F)CC2. The Bertz CT molecular complexity index is 597. The van der Waals surface area contributed by atoms with Crippen molar-refractivity contribution >= 4 is 17.4 Å². The summed E-state index contributed by atoms with van der Waals surface area (Å²) in [6.45, 7) is 1.27. The first-order valence-electron chi connectivity index (χ1n) is 6.49. The number of ketones is 1. The van der Waals surface area contributed by atoms with Crippen LogP contribution in [0.5, 0.6) is 0 Å². The van der Waals surface area contributed by atoms with Gasteiger partial charge in [0.1, 0.15) is 0 Å². The lowest BCUT2D eigenvalue weighted by atomic mass is 9.94. The third-order valence-electron chi connectivity index (χ3n) is 3.61. The van der Waals surface area contributed by atoms with E-state index in [0.29, 0.717) is 16.8 Å². The molecule has 21 heavy (non-hydrogen) atoms. The maximum atomic E-state index is 12.5. The van der Waals surface area contributed by atoms with Crippen molar-refractivity contribution in [3.8, 4) is 0 Å². The van der Waals surface area contributed by atoms with Crippen molar-refractivity contribution in [2.24, 2.45) is 0 Å². The van der Waals surface area contributed by atoms with Crippen LogP contribution in [0.3, 0.4) is 0 Å². The Morgan fingerprint density at radius 1 is 1.19 bits per heavy atom. The molecule has 0 bridgehead atoms. The van der Waals surface area contributed by atoms with E-state index in [1.165, 1.54) is 6.92 Å². The Kier molecular flexibility index (Phi) is 3.93. The Hall–Kier alpha value is -2.05. The highest BCUT2D eigenvalue weighted by Crippen LogP contribution is 2.27. The van der Waals surface area contributed by atoms with Crippen LogP contribution in [0, 0.1) is 0 Å². The van der Waals surface area contributed by atoms with Gasteiger partial charge in [-0.05, 0) is 37.0 Å². The molecule has 0 spiro atoms. The molecule has 114 valence electrons. The molecule has 1 heterocycles. The van der Waals surface area contributed by atoms with E-state index >= 15 is 0 Å². The summed E-state index contributed by atoms with van der Waals surface area (Å²) in [6, 6.07) is 3.29. The first kappa shape index (κ1) is 15.3. The van der Waals surface area contributed by atoms with E-state index in [4.69, 9.17) is 5.73 Å². The Labute approximate surface area is 119 Å². The van der Waals surface area contributed by atoms with Gasteiger partial charge in [-0.3, -0.25) is 9.59 Å². The van der Waals surface area contributed by atoms with Crippen molar-refractivity contribution in [3.05, 3.63) is 28.8 Å². The van der Waals surface area contributed by atoms with E-state index < -0.39 is 12.1 Å². The fourth-order valence-corrected chi connectivity index (χ4v) is 2.64. The first-order chi connectivity index (χ1) is 9.71. The van der Waals surface area contributed by atoms with Gasteiger partial charge in [0.05, 0.1) is 0 Å². The molecule has 2 N–H and O–H groups in total. The number of fused-ring (bicyclic) bond motifs is 1. The number of hydrogen-bond donors (Lipinski definition) is 1. The van der Waals surface area contributed by atoms with Gasteiger partial charge < -0.3 is 10.6 Å². The summed E-state index contributed by atoms with van der Waals surface area (Å²) < 4.78 is 37.5. The number of carbonyl (C=O) groups excluding carboxylic acids is 2. The molecule has 1 aromatic carbocycles. The first-order valence-corrected chi connectivity index (χ1v) is 6.49. The average molecular weight is 300 g/mol. The Morgan fingerprint density at radius 3 is 2.38 bits per heavy atom. The lowest BCUT2D eigenvalue weighted by Gasteiger charge is -2.21. The van der Waals surface area contributed by atoms with E-state index in [2.05, 4.69) is 0 Å². The second kappa shape index (κ2) is 5.38. The topological polar surface area (TPSA) is 63.4 Å². The Balaban J connectivity index is 2.32. The molecule has 2 rings (SSSR count). The van der Waals surface area contributed by atoms with Crippen molar-refractivity contribution in [1.29, 1.82) is 0 Å². The molecule has 0 radical (unpaired) electrons. The molecule has 1 aromatic rings. The molecule has 0 aromatic heterocycles. The third kappa shape index (κ3) is 3.01. The van der Waals surface area contributed by atoms with Crippen LogP contribution in [0.25, 0.3) is 0 Å². The molecule has 1 amide bonds. The largest absolute Gasteiger partial charge is 0.471 e. The molecule has 4 nitrogen and oxygen atoms in total. The number of amides is 1. The van der Waals surface area contributed by atoms with Crippen molar-refractivity contribution in [2.75, 3.05) is 18.8 Å². The number of alkyl halides is 3. The van der Waals surface area contributed by atoms with E-state index in [0.717, 1.165) is 10.5 Å². The maximum absolute atomic E-state index is 12.5. The smallest absolute Gasteiger partial charge is 0.398 e. The van der Waals surface area contributed by atoms with Crippen molar-refractivity contribution in [2.45, 2.75) is 25.9 Å². The van der Waals surface area contributed by atoms with E-state index in [-0.39, 0.29) is 31.7 Å². The van der Waals surface area contributed by atoms with Gasteiger partial charge in [0, 0.05) is 24.3 Å². The third-order valence-corrected chi connectivity index (χ3v) is 3.61. The van der Waals surface area contributed by atoms with E-state index in [9.17, 15) is 22.8 Å². The number of rotatable bonds is 1. The summed E-state index contributed by atoms with van der Waals surface area (Å²) in [7, 11) is 0. The molecular formula is C14H15F3N2O2. The van der Waals surface area contributed by atoms with Crippen LogP contribution in [0.4, 0.5) is 18.9 Å². The van der Waals surface area contributed by atoms with Crippen LogP contribution >= 0.6 is 0 Å². The number of nitrogen functional groups attached to an aromatic ring is 1. The highest BCUT2D eigenvalue weighted by Gasteiger charge is 2.42. The zero-order valence-electron chi connectivity index (χ0n) is 11.5. The van der Waals surface area contributed by atoms with Gasteiger partial charge in [0.15, 0.2) is 5.78 Å². The monoisotopic (exact) mass is 300 g/mol. The summed E-state index contributed by atoms with van der Waals surface area (Å²) in [4.78, 5) is 23.8. The number of nitrogens with zero attached hydrogens (tertiary/aromatic N) is 1. The standard InChI is InChI=1S/C14H15F3N2O2/c1-8(20)12-10-5-7-19(13(21)14(15,16)17)6-4-9(10)2-3-11(12)18/h2-3H,4-7,18H2,1H3. The fraction of sp³-hybridized carbons (Fsp3) is 0.429. The van der Waals surface area contributed by atoms with Crippen LogP contribution in [0.2, 0.25) is 0 Å². The average Bonchev–Trinajstić information content (AvgIpc) is 2.58. The fourth-order valence-electron chi connectivity index (χ4n) is 2.64. The normalized spacial score (nSPS) is 15.3. The number of Topliss-reactive ketones (excluding diaryl/α,β-unsaturated/α-hetero) is 1. The number of nitrogens with two attached hydrogens (primary N) is 1. The van der Waals surface area contributed by atoms with Gasteiger partial charge in [-0.2, -0.15) is 13.2 Å². The van der Waals surface area contributed by atoms with Gasteiger partial charge in [-0.1, -0.05) is 6.07 Å². The number of anilines is 1. The van der Waals surface area contributed by atoms with Gasteiger partial charge in [-0.15, -0.1) is 0 Å². The summed E-state index contributed by atoms with van der Waals surface area (Å²) in [5.41, 5.74) is 7.87. The molecular weight excluding hydrogens is 285 g/mol. The number of benzene rings is 1. The van der Waals surface area contributed by atoms with Gasteiger partial charge in [0.2, 0.25) is 0 Å². The Morgan fingerprint density at radius 2 is 1.81 bits per heavy atom. The van der Waals surface area contributed by atoms with Crippen LogP contribution in [0.15, 0.2) is 12.1 Å². The molecule has 0 atom stereocenters. The molecule has 0 unspecified atom stereocenters. The highest BCUT2D eigenvalue weighted by molar-refractivity contribution is 6.01. The molecule has 0 fully saturated rings. The van der Waals surface area contributed by atoms with Crippen LogP contribution in [0.1, 0.15) is 28.4 Å². The van der Waals surface area contributed by atoms with Crippen molar-refractivity contribution in [1.82, 2.24) is 4.90 Å². The lowest BCUT2D eigenvalue weighted by Crippen LogP contribution is -2.42. The van der Waals surface area contributed by atoms with Crippen molar-refractivity contribution < 1.29 is 22.8 Å². The maximum Gasteiger partial charge on any atom is 0.471 e. The number of hydrogen-bond acceptors (Lipinski definition) is 3. The van der Waals surface area contributed by atoms with Gasteiger partial charge in [0.25, 0.3) is 0 Å². The van der Waals surface area contributed by atoms with Crippen LogP contribution < -0.4 is 5.73 Å². The van der Waals surface area contributed by atoms with Crippen LogP contribution in [-0.2, 0) is 17.6 Å². The quantitative estimate of drug-likeness (QED) is 0.637. The molecule has 0 saturated carbocycles.